The van der Waals surface area contributed by atoms with Crippen LogP contribution in [0.15, 0.2) is 28.1 Å². The second kappa shape index (κ2) is 4.84. The van der Waals surface area contributed by atoms with E-state index in [-0.39, 0.29) is 11.1 Å². The quantitative estimate of drug-likeness (QED) is 0.884. The molecule has 0 saturated heterocycles. The highest BCUT2D eigenvalue weighted by Gasteiger charge is 2.17. The smallest absolute Gasteiger partial charge is 0.128 e. The summed E-state index contributed by atoms with van der Waals surface area (Å²) in [5, 5.41) is 0. The van der Waals surface area contributed by atoms with E-state index < -0.39 is 17.7 Å². The molecule has 0 bridgehead atoms. The van der Waals surface area contributed by atoms with Crippen molar-refractivity contribution in [3.05, 3.63) is 55.7 Å². The third kappa shape index (κ3) is 2.56. The lowest BCUT2D eigenvalue weighted by Crippen LogP contribution is -2.13. The molecule has 0 spiro atoms. The average molecular weight is 318 g/mol. The number of thiophene rings is 1. The highest BCUT2D eigenvalue weighted by Crippen LogP contribution is 2.31. The number of hydrogen-bond donors (Lipinski definition) is 1. The van der Waals surface area contributed by atoms with E-state index in [9.17, 15) is 8.78 Å². The first-order chi connectivity index (χ1) is 7.99. The molecule has 2 aromatic rings. The Morgan fingerprint density at radius 1 is 1.24 bits per heavy atom. The summed E-state index contributed by atoms with van der Waals surface area (Å²) in [4.78, 5) is 0.791. The normalized spacial score (nSPS) is 12.8. The maximum absolute atomic E-state index is 13.7. The molecular weight excluding hydrogens is 308 g/mol. The maximum Gasteiger partial charge on any atom is 0.128 e. The summed E-state index contributed by atoms with van der Waals surface area (Å²) in [7, 11) is 0. The highest BCUT2D eigenvalue weighted by molar-refractivity contribution is 9.11. The van der Waals surface area contributed by atoms with Crippen molar-refractivity contribution in [2.24, 2.45) is 5.73 Å². The van der Waals surface area contributed by atoms with Gasteiger partial charge in [-0.05, 0) is 52.7 Å². The van der Waals surface area contributed by atoms with Crippen LogP contribution in [0.3, 0.4) is 0 Å². The Labute approximate surface area is 110 Å². The summed E-state index contributed by atoms with van der Waals surface area (Å²) in [6.07, 6.45) is 0. The zero-order valence-corrected chi connectivity index (χ0v) is 11.4. The van der Waals surface area contributed by atoms with Crippen LogP contribution in [0.5, 0.6) is 0 Å². The average Bonchev–Trinajstić information content (AvgIpc) is 2.69. The maximum atomic E-state index is 13.7. The zero-order chi connectivity index (χ0) is 12.6. The van der Waals surface area contributed by atoms with Gasteiger partial charge in [-0.3, -0.25) is 0 Å². The highest BCUT2D eigenvalue weighted by atomic mass is 79.9. The number of aryl methyl sites for hydroxylation is 1. The third-order valence-electron chi connectivity index (χ3n) is 2.51. The van der Waals surface area contributed by atoms with Crippen LogP contribution in [0.1, 0.15) is 22.0 Å². The predicted octanol–water partition coefficient (Wildman–Crippen LogP) is 4.15. The lowest BCUT2D eigenvalue weighted by molar-refractivity contribution is 0.571. The van der Waals surface area contributed by atoms with Crippen LogP contribution < -0.4 is 5.73 Å². The fourth-order valence-electron chi connectivity index (χ4n) is 1.55. The van der Waals surface area contributed by atoms with Crippen LogP contribution in [-0.4, -0.2) is 0 Å². The van der Waals surface area contributed by atoms with Crippen molar-refractivity contribution >= 4 is 27.3 Å². The molecule has 0 aliphatic rings. The molecule has 0 saturated carbocycles. The summed E-state index contributed by atoms with van der Waals surface area (Å²) in [6.45, 7) is 1.52. The Morgan fingerprint density at radius 2 is 1.94 bits per heavy atom. The van der Waals surface area contributed by atoms with Gasteiger partial charge in [0.2, 0.25) is 0 Å². The summed E-state index contributed by atoms with van der Waals surface area (Å²) in [6, 6.07) is 5.34. The monoisotopic (exact) mass is 317 g/mol. The molecule has 1 aromatic carbocycles. The van der Waals surface area contributed by atoms with Gasteiger partial charge in [0, 0.05) is 10.4 Å². The standard InChI is InChI=1S/C12H10BrF2NS/c1-6-4-9(15)7(5-8(6)14)12(16)10-2-3-11(13)17-10/h2-5,12H,16H2,1H3. The molecule has 0 aliphatic carbocycles. The fraction of sp³-hybridized carbons (Fsp3) is 0.167. The van der Waals surface area contributed by atoms with Gasteiger partial charge in [-0.2, -0.15) is 0 Å². The lowest BCUT2D eigenvalue weighted by Gasteiger charge is -2.12. The molecule has 0 fully saturated rings. The SMILES string of the molecule is Cc1cc(F)c(C(N)c2ccc(Br)s2)cc1F. The molecule has 1 heterocycles. The van der Waals surface area contributed by atoms with Gasteiger partial charge in [-0.25, -0.2) is 8.78 Å². The van der Waals surface area contributed by atoms with Crippen molar-refractivity contribution < 1.29 is 8.78 Å². The van der Waals surface area contributed by atoms with Crippen molar-refractivity contribution in [3.8, 4) is 0 Å². The zero-order valence-electron chi connectivity index (χ0n) is 9.01. The van der Waals surface area contributed by atoms with E-state index in [0.29, 0.717) is 0 Å². The Hall–Kier alpha value is -0.780. The lowest BCUT2D eigenvalue weighted by atomic mass is 10.0. The molecule has 1 atom stereocenters. The van der Waals surface area contributed by atoms with Crippen molar-refractivity contribution in [2.75, 3.05) is 0 Å². The van der Waals surface area contributed by atoms with Gasteiger partial charge in [0.05, 0.1) is 9.83 Å². The van der Waals surface area contributed by atoms with E-state index in [1.165, 1.54) is 30.4 Å². The topological polar surface area (TPSA) is 26.0 Å². The number of benzene rings is 1. The van der Waals surface area contributed by atoms with E-state index in [1.54, 1.807) is 6.07 Å². The van der Waals surface area contributed by atoms with Crippen LogP contribution in [0.25, 0.3) is 0 Å². The van der Waals surface area contributed by atoms with Crippen molar-refractivity contribution in [1.29, 1.82) is 0 Å². The molecule has 5 heteroatoms. The molecule has 90 valence electrons. The molecule has 1 unspecified atom stereocenters. The van der Waals surface area contributed by atoms with Crippen molar-refractivity contribution in [1.82, 2.24) is 0 Å². The van der Waals surface area contributed by atoms with E-state index in [2.05, 4.69) is 15.9 Å². The number of nitrogens with two attached hydrogens (primary N) is 1. The Kier molecular flexibility index (Phi) is 3.61. The second-order valence-corrected chi connectivity index (χ2v) is 6.24. The largest absolute Gasteiger partial charge is 0.320 e. The summed E-state index contributed by atoms with van der Waals surface area (Å²) in [5.74, 6) is -0.909. The molecule has 1 aromatic heterocycles. The Bertz CT molecular complexity index is 553. The molecule has 17 heavy (non-hydrogen) atoms. The van der Waals surface area contributed by atoms with Crippen LogP contribution in [0, 0.1) is 18.6 Å². The first kappa shape index (κ1) is 12.7. The Morgan fingerprint density at radius 3 is 2.53 bits per heavy atom. The van der Waals surface area contributed by atoms with Gasteiger partial charge < -0.3 is 5.73 Å². The van der Waals surface area contributed by atoms with Crippen molar-refractivity contribution in [3.63, 3.8) is 0 Å². The van der Waals surface area contributed by atoms with Crippen LogP contribution in [0.4, 0.5) is 8.78 Å². The molecule has 2 rings (SSSR count). The molecule has 1 nitrogen and oxygen atoms in total. The third-order valence-corrected chi connectivity index (χ3v) is 4.22. The number of rotatable bonds is 2. The molecule has 2 N–H and O–H groups in total. The van der Waals surface area contributed by atoms with E-state index in [4.69, 9.17) is 5.73 Å². The molecule has 0 aliphatic heterocycles. The first-order valence-corrected chi connectivity index (χ1v) is 6.56. The summed E-state index contributed by atoms with van der Waals surface area (Å²) < 4.78 is 28.0. The van der Waals surface area contributed by atoms with Gasteiger partial charge in [0.15, 0.2) is 0 Å². The van der Waals surface area contributed by atoms with Gasteiger partial charge >= 0.3 is 0 Å². The van der Waals surface area contributed by atoms with E-state index in [0.717, 1.165) is 8.66 Å². The predicted molar refractivity (Wildman–Crippen MR) is 69.1 cm³/mol. The minimum atomic E-state index is -0.638. The molecule has 0 radical (unpaired) electrons. The summed E-state index contributed by atoms with van der Waals surface area (Å²) >= 11 is 4.72. The molecular formula is C12H10BrF2NS. The van der Waals surface area contributed by atoms with Gasteiger partial charge in [-0.1, -0.05) is 0 Å². The second-order valence-electron chi connectivity index (χ2n) is 3.74. The fourth-order valence-corrected chi connectivity index (χ4v) is 2.99. The number of halogens is 3. The van der Waals surface area contributed by atoms with Crippen LogP contribution in [0.2, 0.25) is 0 Å². The summed E-state index contributed by atoms with van der Waals surface area (Å²) in [5.41, 5.74) is 6.40. The number of hydrogen-bond acceptors (Lipinski definition) is 2. The van der Waals surface area contributed by atoms with Crippen LogP contribution in [-0.2, 0) is 0 Å². The molecule has 0 amide bonds. The minimum Gasteiger partial charge on any atom is -0.320 e. The van der Waals surface area contributed by atoms with Gasteiger partial charge in [-0.15, -0.1) is 11.3 Å². The van der Waals surface area contributed by atoms with Crippen LogP contribution >= 0.6 is 27.3 Å². The van der Waals surface area contributed by atoms with E-state index in [1.807, 2.05) is 6.07 Å². The first-order valence-electron chi connectivity index (χ1n) is 4.95. The Balaban J connectivity index is 2.43. The van der Waals surface area contributed by atoms with Gasteiger partial charge in [0.1, 0.15) is 11.6 Å². The van der Waals surface area contributed by atoms with Crippen molar-refractivity contribution in [2.45, 2.75) is 13.0 Å². The minimum absolute atomic E-state index is 0.183. The van der Waals surface area contributed by atoms with Gasteiger partial charge in [0.25, 0.3) is 0 Å². The van der Waals surface area contributed by atoms with E-state index >= 15 is 0 Å².